The summed E-state index contributed by atoms with van der Waals surface area (Å²) in [5.41, 5.74) is 0.0986. The molecule has 216 valence electrons. The summed E-state index contributed by atoms with van der Waals surface area (Å²) in [6.07, 6.45) is 7.97. The summed E-state index contributed by atoms with van der Waals surface area (Å²) < 4.78 is 59.4. The van der Waals surface area contributed by atoms with Gasteiger partial charge in [-0.15, -0.1) is 0 Å². The molecule has 0 aliphatic heterocycles. The second-order valence-corrected chi connectivity index (χ2v) is 15.2. The number of sulfone groups is 1. The molecule has 1 aromatic carbocycles. The molecule has 8 heteroatoms. The van der Waals surface area contributed by atoms with Crippen LogP contribution in [0.1, 0.15) is 97.3 Å². The van der Waals surface area contributed by atoms with Crippen LogP contribution in [0.5, 0.6) is 0 Å². The number of halogens is 2. The molecule has 1 aromatic rings. The number of alkyl halides is 2. The fourth-order valence-corrected chi connectivity index (χ4v) is 10.1. The molecule has 0 N–H and O–H groups in total. The summed E-state index contributed by atoms with van der Waals surface area (Å²) in [6, 6.07) is 6.75. The van der Waals surface area contributed by atoms with E-state index in [1.807, 2.05) is 0 Å². The van der Waals surface area contributed by atoms with E-state index < -0.39 is 26.4 Å². The number of esters is 1. The molecule has 5 nitrogen and oxygen atoms in total. The Kier molecular flexibility index (Phi) is 7.75. The molecule has 4 aliphatic rings. The lowest BCUT2D eigenvalue weighted by Gasteiger charge is -2.60. The maximum absolute atomic E-state index is 14.5. The van der Waals surface area contributed by atoms with Crippen molar-refractivity contribution in [2.45, 2.75) is 114 Å². The molecular weight excluding hydrogens is 522 g/mol. The number of ether oxygens (including phenoxy) is 1. The van der Waals surface area contributed by atoms with Gasteiger partial charge in [0.2, 0.25) is 9.84 Å². The Morgan fingerprint density at radius 3 is 2.49 bits per heavy atom. The van der Waals surface area contributed by atoms with Gasteiger partial charge >= 0.3 is 11.2 Å². The van der Waals surface area contributed by atoms with Crippen LogP contribution in [0.2, 0.25) is 0 Å². The van der Waals surface area contributed by atoms with Crippen molar-refractivity contribution in [2.24, 2.45) is 34.5 Å². The summed E-state index contributed by atoms with van der Waals surface area (Å²) in [4.78, 5) is 24.8. The summed E-state index contributed by atoms with van der Waals surface area (Å²) in [6.45, 7) is 4.63. The third-order valence-corrected chi connectivity index (χ3v) is 13.1. The lowest BCUT2D eigenvalue weighted by atomic mass is 9.45. The Morgan fingerprint density at radius 1 is 1.00 bits per heavy atom. The second kappa shape index (κ2) is 10.5. The third kappa shape index (κ3) is 5.08. The molecule has 0 bridgehead atoms. The Labute approximate surface area is 231 Å². The largest absolute Gasteiger partial charge is 0.462 e. The highest BCUT2D eigenvalue weighted by molar-refractivity contribution is 7.92. The fraction of sp³-hybridized carbons (Fsp3) is 0.742. The van der Waals surface area contributed by atoms with Crippen molar-refractivity contribution in [1.29, 1.82) is 0 Å². The summed E-state index contributed by atoms with van der Waals surface area (Å²) in [5, 5.41) is -3.88. The van der Waals surface area contributed by atoms with E-state index in [0.717, 1.165) is 57.8 Å². The van der Waals surface area contributed by atoms with E-state index in [0.29, 0.717) is 29.5 Å². The molecule has 0 saturated heterocycles. The minimum absolute atomic E-state index is 0.0128. The first-order chi connectivity index (χ1) is 18.4. The lowest BCUT2D eigenvalue weighted by molar-refractivity contribution is -0.162. The highest BCUT2D eigenvalue weighted by Gasteiger charge is 2.60. The predicted octanol–water partition coefficient (Wildman–Crippen LogP) is 7.14. The zero-order chi connectivity index (χ0) is 28.1. The third-order valence-electron chi connectivity index (χ3n) is 11.2. The Balaban J connectivity index is 1.09. The normalized spacial score (nSPS) is 36.5. The maximum atomic E-state index is 14.5. The number of Topliss-reactive ketones (excluding diaryl/α,β-unsaturated/α-hetero) is 1. The van der Waals surface area contributed by atoms with E-state index in [4.69, 9.17) is 4.74 Å². The minimum atomic E-state index is -4.76. The van der Waals surface area contributed by atoms with Gasteiger partial charge in [-0.25, -0.2) is 8.42 Å². The van der Waals surface area contributed by atoms with Gasteiger partial charge in [0.1, 0.15) is 11.9 Å². The zero-order valence-electron chi connectivity index (χ0n) is 23.2. The SMILES string of the molecule is C[C@]12CC[C@H](OC(=O)CCCCC(F)(F)S(=O)(=O)c3ccccc3)C[C@@H]1CC[C@@H]1[C@@H]2CC[C@]2(C)C(=O)CC[C@@H]12. The molecular formula is C31H42F2O5S. The van der Waals surface area contributed by atoms with E-state index in [2.05, 4.69) is 13.8 Å². The number of hydrogen-bond donors (Lipinski definition) is 0. The topological polar surface area (TPSA) is 77.5 Å². The summed E-state index contributed by atoms with van der Waals surface area (Å²) >= 11 is 0. The van der Waals surface area contributed by atoms with Crippen molar-refractivity contribution in [1.82, 2.24) is 0 Å². The average molecular weight is 565 g/mol. The molecule has 0 heterocycles. The van der Waals surface area contributed by atoms with E-state index in [9.17, 15) is 26.8 Å². The number of hydrogen-bond acceptors (Lipinski definition) is 5. The molecule has 0 radical (unpaired) electrons. The van der Waals surface area contributed by atoms with Crippen molar-refractivity contribution >= 4 is 21.6 Å². The first-order valence-corrected chi connectivity index (χ1v) is 16.3. The van der Waals surface area contributed by atoms with Gasteiger partial charge in [-0.05, 0) is 105 Å². The predicted molar refractivity (Wildman–Crippen MR) is 144 cm³/mol. The highest BCUT2D eigenvalue weighted by atomic mass is 32.2. The van der Waals surface area contributed by atoms with Crippen molar-refractivity contribution in [3.05, 3.63) is 30.3 Å². The first kappa shape index (κ1) is 28.7. The van der Waals surface area contributed by atoms with Gasteiger partial charge in [0, 0.05) is 24.7 Å². The van der Waals surface area contributed by atoms with Gasteiger partial charge < -0.3 is 4.74 Å². The second-order valence-electron chi connectivity index (χ2n) is 13.1. The Morgan fingerprint density at radius 2 is 1.74 bits per heavy atom. The van der Waals surface area contributed by atoms with E-state index >= 15 is 0 Å². The van der Waals surface area contributed by atoms with E-state index in [1.165, 1.54) is 24.3 Å². The van der Waals surface area contributed by atoms with Crippen LogP contribution < -0.4 is 0 Å². The van der Waals surface area contributed by atoms with Crippen LogP contribution in [0.25, 0.3) is 0 Å². The standard InChI is InChI=1S/C31H42F2O5S/c1-29-18-15-22(20-21(29)11-12-24-25-13-14-27(34)30(25,2)19-16-26(24)29)38-28(35)10-6-7-17-31(32,33)39(36,37)23-8-4-3-5-9-23/h3-5,8-9,21-22,24-26H,6-7,10-20H2,1-2H3/t21-,22-,24-,25-,26-,29-,30-/m0/s1. The molecule has 0 aromatic heterocycles. The monoisotopic (exact) mass is 564 g/mol. The van der Waals surface area contributed by atoms with Crippen molar-refractivity contribution < 1.29 is 31.5 Å². The fourth-order valence-electron chi connectivity index (χ4n) is 8.85. The molecule has 0 spiro atoms. The highest BCUT2D eigenvalue weighted by Crippen LogP contribution is 2.65. The number of benzene rings is 1. The number of carbonyl (C=O) groups is 2. The number of fused-ring (bicyclic) bond motifs is 5. The Bertz CT molecular complexity index is 1180. The summed E-state index contributed by atoms with van der Waals surface area (Å²) in [7, 11) is -4.76. The molecule has 0 unspecified atom stereocenters. The maximum Gasteiger partial charge on any atom is 0.350 e. The molecule has 5 rings (SSSR count). The number of ketones is 1. The lowest BCUT2D eigenvalue weighted by Crippen LogP contribution is -2.54. The zero-order valence-corrected chi connectivity index (χ0v) is 24.0. The van der Waals surface area contributed by atoms with Crippen LogP contribution in [-0.4, -0.2) is 31.5 Å². The van der Waals surface area contributed by atoms with Gasteiger partial charge in [-0.2, -0.15) is 8.78 Å². The van der Waals surface area contributed by atoms with Crippen LogP contribution >= 0.6 is 0 Å². The van der Waals surface area contributed by atoms with Gasteiger partial charge in [-0.1, -0.05) is 32.0 Å². The van der Waals surface area contributed by atoms with Crippen molar-refractivity contribution in [3.63, 3.8) is 0 Å². The molecule has 4 saturated carbocycles. The number of rotatable bonds is 8. The van der Waals surface area contributed by atoms with Crippen LogP contribution in [-0.2, 0) is 24.2 Å². The molecule has 7 atom stereocenters. The number of unbranched alkanes of at least 4 members (excludes halogenated alkanes) is 1. The van der Waals surface area contributed by atoms with E-state index in [-0.39, 0.29) is 42.2 Å². The van der Waals surface area contributed by atoms with Crippen LogP contribution in [0.4, 0.5) is 8.78 Å². The van der Waals surface area contributed by atoms with Crippen LogP contribution in [0, 0.1) is 34.5 Å². The number of carbonyl (C=O) groups excluding carboxylic acids is 2. The smallest absolute Gasteiger partial charge is 0.350 e. The Hall–Kier alpha value is -1.83. The van der Waals surface area contributed by atoms with Gasteiger partial charge in [-0.3, -0.25) is 9.59 Å². The van der Waals surface area contributed by atoms with E-state index in [1.54, 1.807) is 6.07 Å². The van der Waals surface area contributed by atoms with Gasteiger partial charge in [0.05, 0.1) is 4.90 Å². The van der Waals surface area contributed by atoms with Gasteiger partial charge in [0.15, 0.2) is 0 Å². The average Bonchev–Trinajstić information content (AvgIpc) is 3.21. The quantitative estimate of drug-likeness (QED) is 0.248. The minimum Gasteiger partial charge on any atom is -0.462 e. The molecule has 4 aliphatic carbocycles. The van der Waals surface area contributed by atoms with Crippen LogP contribution in [0.3, 0.4) is 0 Å². The van der Waals surface area contributed by atoms with Crippen molar-refractivity contribution in [2.75, 3.05) is 0 Å². The molecule has 39 heavy (non-hydrogen) atoms. The van der Waals surface area contributed by atoms with Crippen LogP contribution in [0.15, 0.2) is 35.2 Å². The molecule has 4 fully saturated rings. The summed E-state index contributed by atoms with van der Waals surface area (Å²) in [5.74, 6) is 2.35. The molecule has 0 amide bonds. The first-order valence-electron chi connectivity index (χ1n) is 14.8. The van der Waals surface area contributed by atoms with Gasteiger partial charge in [0.25, 0.3) is 0 Å². The van der Waals surface area contributed by atoms with Crippen molar-refractivity contribution in [3.8, 4) is 0 Å².